The predicted molar refractivity (Wildman–Crippen MR) is 131 cm³/mol. The standard InChI is InChI=1S/C27H27N3O3/c31-22-7-3-19(4-8-22)25-18-20-17-23(32)9-12-26(20)29-27(25)28-21-5-10-24(11-6-21)33-16-15-30-13-1-2-14-30/h3-12,17-18,31-32H,1-2,13-16H2,(H,28,29). The van der Waals surface area contributed by atoms with Gasteiger partial charge in [0.2, 0.25) is 0 Å². The Bertz CT molecular complexity index is 1230. The topological polar surface area (TPSA) is 77.8 Å². The molecule has 6 nitrogen and oxygen atoms in total. The first-order valence-corrected chi connectivity index (χ1v) is 11.3. The van der Waals surface area contributed by atoms with Gasteiger partial charge in [-0.2, -0.15) is 0 Å². The molecule has 6 heteroatoms. The van der Waals surface area contributed by atoms with Gasteiger partial charge in [-0.3, -0.25) is 4.90 Å². The molecule has 2 heterocycles. The van der Waals surface area contributed by atoms with Crippen LogP contribution in [-0.2, 0) is 0 Å². The molecule has 33 heavy (non-hydrogen) atoms. The molecule has 0 radical (unpaired) electrons. The van der Waals surface area contributed by atoms with E-state index in [0.29, 0.717) is 12.4 Å². The Morgan fingerprint density at radius 2 is 1.58 bits per heavy atom. The number of rotatable bonds is 7. The molecule has 0 bridgehead atoms. The quantitative estimate of drug-likeness (QED) is 0.350. The minimum atomic E-state index is 0.196. The van der Waals surface area contributed by atoms with Crippen LogP contribution in [-0.4, -0.2) is 46.3 Å². The molecule has 1 aromatic heterocycles. The number of benzene rings is 3. The second kappa shape index (κ2) is 9.38. The maximum absolute atomic E-state index is 9.89. The zero-order chi connectivity index (χ0) is 22.6. The Morgan fingerprint density at radius 1 is 0.848 bits per heavy atom. The smallest absolute Gasteiger partial charge is 0.138 e. The van der Waals surface area contributed by atoms with Gasteiger partial charge in [-0.15, -0.1) is 0 Å². The van der Waals surface area contributed by atoms with Crippen molar-refractivity contribution in [3.8, 4) is 28.4 Å². The third-order valence-corrected chi connectivity index (χ3v) is 5.97. The molecule has 0 spiro atoms. The number of nitrogens with zero attached hydrogens (tertiary/aromatic N) is 2. The lowest BCUT2D eigenvalue weighted by atomic mass is 10.0. The molecule has 1 aliphatic rings. The second-order valence-electron chi connectivity index (χ2n) is 8.36. The van der Waals surface area contributed by atoms with Gasteiger partial charge in [0.15, 0.2) is 0 Å². The van der Waals surface area contributed by atoms with E-state index in [1.807, 2.05) is 42.5 Å². The number of hydrogen-bond donors (Lipinski definition) is 3. The fourth-order valence-corrected chi connectivity index (χ4v) is 4.19. The molecule has 1 saturated heterocycles. The number of likely N-dealkylation sites (tertiary alicyclic amines) is 1. The molecular weight excluding hydrogens is 414 g/mol. The van der Waals surface area contributed by atoms with Crippen LogP contribution in [0.4, 0.5) is 11.5 Å². The maximum atomic E-state index is 9.89. The summed E-state index contributed by atoms with van der Waals surface area (Å²) in [6.45, 7) is 4.01. The molecule has 1 fully saturated rings. The molecule has 3 aromatic carbocycles. The van der Waals surface area contributed by atoms with Crippen LogP contribution >= 0.6 is 0 Å². The molecular formula is C27H27N3O3. The SMILES string of the molecule is Oc1ccc(-c2cc3cc(O)ccc3nc2Nc2ccc(OCCN3CCCC3)cc2)cc1. The van der Waals surface area contributed by atoms with E-state index in [4.69, 9.17) is 9.72 Å². The van der Waals surface area contributed by atoms with Crippen molar-refractivity contribution in [2.45, 2.75) is 12.8 Å². The van der Waals surface area contributed by atoms with Crippen LogP contribution < -0.4 is 10.1 Å². The van der Waals surface area contributed by atoms with Crippen molar-refractivity contribution in [3.63, 3.8) is 0 Å². The van der Waals surface area contributed by atoms with Crippen molar-refractivity contribution < 1.29 is 14.9 Å². The zero-order valence-electron chi connectivity index (χ0n) is 18.4. The van der Waals surface area contributed by atoms with Gasteiger partial charge in [-0.25, -0.2) is 4.98 Å². The number of aromatic hydroxyl groups is 2. The van der Waals surface area contributed by atoms with E-state index in [1.165, 1.54) is 25.9 Å². The Kier molecular flexibility index (Phi) is 6.00. The summed E-state index contributed by atoms with van der Waals surface area (Å²) in [4.78, 5) is 7.24. The highest BCUT2D eigenvalue weighted by molar-refractivity contribution is 5.91. The summed E-state index contributed by atoms with van der Waals surface area (Å²) < 4.78 is 5.91. The summed E-state index contributed by atoms with van der Waals surface area (Å²) in [5.41, 5.74) is 3.46. The lowest BCUT2D eigenvalue weighted by molar-refractivity contribution is 0.238. The summed E-state index contributed by atoms with van der Waals surface area (Å²) in [5, 5.41) is 23.8. The average molecular weight is 442 g/mol. The van der Waals surface area contributed by atoms with Crippen LogP contribution in [0.15, 0.2) is 72.8 Å². The molecule has 168 valence electrons. The van der Waals surface area contributed by atoms with Crippen LogP contribution in [0.2, 0.25) is 0 Å². The summed E-state index contributed by atoms with van der Waals surface area (Å²) in [5.74, 6) is 1.95. The molecule has 4 aromatic rings. The second-order valence-corrected chi connectivity index (χ2v) is 8.36. The maximum Gasteiger partial charge on any atom is 0.138 e. The number of phenolic OH excluding ortho intramolecular Hbond substituents is 2. The Morgan fingerprint density at radius 3 is 2.33 bits per heavy atom. The van der Waals surface area contributed by atoms with Gasteiger partial charge in [-0.1, -0.05) is 12.1 Å². The number of anilines is 2. The number of nitrogens with one attached hydrogen (secondary N) is 1. The van der Waals surface area contributed by atoms with E-state index in [1.54, 1.807) is 30.3 Å². The molecule has 0 unspecified atom stereocenters. The first-order valence-electron chi connectivity index (χ1n) is 11.3. The molecule has 1 aliphatic heterocycles. The van der Waals surface area contributed by atoms with Gasteiger partial charge in [-0.05, 0) is 92.2 Å². The molecule has 0 saturated carbocycles. The van der Waals surface area contributed by atoms with Crippen LogP contribution in [0.25, 0.3) is 22.0 Å². The van der Waals surface area contributed by atoms with Gasteiger partial charge in [0, 0.05) is 23.2 Å². The van der Waals surface area contributed by atoms with E-state index in [2.05, 4.69) is 10.2 Å². The van der Waals surface area contributed by atoms with Crippen LogP contribution in [0.1, 0.15) is 12.8 Å². The largest absolute Gasteiger partial charge is 0.508 e. The normalized spacial score (nSPS) is 13.9. The van der Waals surface area contributed by atoms with Crippen LogP contribution in [0.3, 0.4) is 0 Å². The fourth-order valence-electron chi connectivity index (χ4n) is 4.19. The van der Waals surface area contributed by atoms with Gasteiger partial charge >= 0.3 is 0 Å². The zero-order valence-corrected chi connectivity index (χ0v) is 18.4. The Hall–Kier alpha value is -3.77. The van der Waals surface area contributed by atoms with E-state index in [-0.39, 0.29) is 11.5 Å². The van der Waals surface area contributed by atoms with Crippen molar-refractivity contribution in [2.75, 3.05) is 31.6 Å². The molecule has 3 N–H and O–H groups in total. The highest BCUT2D eigenvalue weighted by Crippen LogP contribution is 2.34. The van der Waals surface area contributed by atoms with Gasteiger partial charge in [0.1, 0.15) is 29.7 Å². The van der Waals surface area contributed by atoms with Crippen molar-refractivity contribution in [1.82, 2.24) is 9.88 Å². The van der Waals surface area contributed by atoms with E-state index in [9.17, 15) is 10.2 Å². The summed E-state index contributed by atoms with van der Waals surface area (Å²) in [6.07, 6.45) is 2.58. The van der Waals surface area contributed by atoms with E-state index in [0.717, 1.165) is 40.0 Å². The lowest BCUT2D eigenvalue weighted by Gasteiger charge is -2.16. The van der Waals surface area contributed by atoms with Crippen LogP contribution in [0.5, 0.6) is 17.2 Å². The van der Waals surface area contributed by atoms with Crippen molar-refractivity contribution in [2.24, 2.45) is 0 Å². The fraction of sp³-hybridized carbons (Fsp3) is 0.222. The summed E-state index contributed by atoms with van der Waals surface area (Å²) in [6, 6.07) is 22.0. The molecule has 0 atom stereocenters. The first-order chi connectivity index (χ1) is 16.1. The highest BCUT2D eigenvalue weighted by atomic mass is 16.5. The molecule has 0 aliphatic carbocycles. The van der Waals surface area contributed by atoms with Gasteiger partial charge in [0.25, 0.3) is 0 Å². The lowest BCUT2D eigenvalue weighted by Crippen LogP contribution is -2.25. The minimum Gasteiger partial charge on any atom is -0.508 e. The summed E-state index contributed by atoms with van der Waals surface area (Å²) >= 11 is 0. The Balaban J connectivity index is 1.37. The third kappa shape index (κ3) is 5.02. The monoisotopic (exact) mass is 441 g/mol. The van der Waals surface area contributed by atoms with E-state index >= 15 is 0 Å². The van der Waals surface area contributed by atoms with E-state index < -0.39 is 0 Å². The molecule has 5 rings (SSSR count). The predicted octanol–water partition coefficient (Wildman–Crippen LogP) is 5.53. The van der Waals surface area contributed by atoms with Crippen LogP contribution in [0, 0.1) is 0 Å². The number of aromatic nitrogens is 1. The Labute approximate surface area is 193 Å². The van der Waals surface area contributed by atoms with Crippen molar-refractivity contribution >= 4 is 22.4 Å². The number of pyridine rings is 1. The average Bonchev–Trinajstić information content (AvgIpc) is 3.34. The van der Waals surface area contributed by atoms with Gasteiger partial charge in [0.05, 0.1) is 5.52 Å². The number of fused-ring (bicyclic) bond motifs is 1. The highest BCUT2D eigenvalue weighted by Gasteiger charge is 2.12. The number of ether oxygens (including phenoxy) is 1. The van der Waals surface area contributed by atoms with Crippen molar-refractivity contribution in [3.05, 3.63) is 72.8 Å². The van der Waals surface area contributed by atoms with Crippen molar-refractivity contribution in [1.29, 1.82) is 0 Å². The third-order valence-electron chi connectivity index (χ3n) is 5.97. The minimum absolute atomic E-state index is 0.196. The molecule has 0 amide bonds. The summed E-state index contributed by atoms with van der Waals surface area (Å²) in [7, 11) is 0. The van der Waals surface area contributed by atoms with Gasteiger partial charge < -0.3 is 20.3 Å². The number of hydrogen-bond acceptors (Lipinski definition) is 6. The first kappa shape index (κ1) is 21.1. The number of phenols is 2.